The van der Waals surface area contributed by atoms with Crippen LogP contribution in [0.5, 0.6) is 0 Å². The molecule has 21 heavy (non-hydrogen) atoms. The zero-order chi connectivity index (χ0) is 15.0. The molecule has 0 aliphatic heterocycles. The number of pyridine rings is 1. The van der Waals surface area contributed by atoms with Crippen molar-refractivity contribution in [3.05, 3.63) is 52.0 Å². The zero-order valence-corrected chi connectivity index (χ0v) is 12.5. The van der Waals surface area contributed by atoms with Crippen molar-refractivity contribution in [3.8, 4) is 0 Å². The Hall–Kier alpha value is -2.11. The summed E-state index contributed by atoms with van der Waals surface area (Å²) in [4.78, 5) is 23.5. The molecule has 106 valence electrons. The first-order valence-electron chi connectivity index (χ1n) is 6.13. The van der Waals surface area contributed by atoms with Gasteiger partial charge in [-0.25, -0.2) is 9.97 Å². The van der Waals surface area contributed by atoms with Crippen LogP contribution < -0.4 is 5.32 Å². The van der Waals surface area contributed by atoms with Crippen LogP contribution in [0.1, 0.15) is 16.3 Å². The van der Waals surface area contributed by atoms with Crippen LogP contribution >= 0.6 is 23.2 Å². The molecular weight excluding hydrogens is 311 g/mol. The fraction of sp³-hybridized carbons (Fsp3) is 0.0714. The average Bonchev–Trinajstić information content (AvgIpc) is 2.80. The number of aromatic amines is 1. The number of nitrogens with one attached hydrogen (secondary N) is 2. The lowest BCUT2D eigenvalue weighted by Crippen LogP contribution is -2.14. The molecule has 0 unspecified atom stereocenters. The SMILES string of the molecule is Cc1nc2ccc(NC(=O)c3nc(Cl)ccc3Cl)cc2[nH]1. The summed E-state index contributed by atoms with van der Waals surface area (Å²) in [6.45, 7) is 1.87. The summed E-state index contributed by atoms with van der Waals surface area (Å²) in [6, 6.07) is 8.44. The van der Waals surface area contributed by atoms with E-state index in [-0.39, 0.29) is 15.9 Å². The monoisotopic (exact) mass is 320 g/mol. The highest BCUT2D eigenvalue weighted by atomic mass is 35.5. The van der Waals surface area contributed by atoms with E-state index in [1.807, 2.05) is 13.0 Å². The molecule has 3 aromatic rings. The van der Waals surface area contributed by atoms with Gasteiger partial charge in [0.1, 0.15) is 16.7 Å². The lowest BCUT2D eigenvalue weighted by molar-refractivity contribution is 0.102. The molecular formula is C14H10Cl2N4O. The Labute approximate surface area is 130 Å². The number of imidazole rings is 1. The van der Waals surface area contributed by atoms with Gasteiger partial charge in [-0.1, -0.05) is 23.2 Å². The summed E-state index contributed by atoms with van der Waals surface area (Å²) in [5.41, 5.74) is 2.39. The first kappa shape index (κ1) is 13.9. The van der Waals surface area contributed by atoms with E-state index >= 15 is 0 Å². The maximum atomic E-state index is 12.2. The van der Waals surface area contributed by atoms with E-state index in [2.05, 4.69) is 20.3 Å². The van der Waals surface area contributed by atoms with E-state index in [0.717, 1.165) is 16.9 Å². The lowest BCUT2D eigenvalue weighted by atomic mass is 10.2. The van der Waals surface area contributed by atoms with Gasteiger partial charge >= 0.3 is 0 Å². The summed E-state index contributed by atoms with van der Waals surface area (Å²) in [5.74, 6) is 0.395. The van der Waals surface area contributed by atoms with Gasteiger partial charge in [-0.05, 0) is 37.3 Å². The molecule has 0 radical (unpaired) electrons. The van der Waals surface area contributed by atoms with E-state index in [0.29, 0.717) is 5.69 Å². The summed E-state index contributed by atoms with van der Waals surface area (Å²) in [7, 11) is 0. The van der Waals surface area contributed by atoms with Crippen molar-refractivity contribution in [2.24, 2.45) is 0 Å². The number of nitrogens with zero attached hydrogens (tertiary/aromatic N) is 2. The molecule has 0 atom stereocenters. The van der Waals surface area contributed by atoms with Crippen LogP contribution in [-0.4, -0.2) is 20.9 Å². The number of fused-ring (bicyclic) bond motifs is 1. The highest BCUT2D eigenvalue weighted by Gasteiger charge is 2.13. The molecule has 0 aliphatic carbocycles. The minimum Gasteiger partial charge on any atom is -0.342 e. The van der Waals surface area contributed by atoms with Gasteiger partial charge in [0.05, 0.1) is 16.1 Å². The Kier molecular flexibility index (Phi) is 3.53. The molecule has 0 bridgehead atoms. The van der Waals surface area contributed by atoms with Crippen LogP contribution in [0, 0.1) is 6.92 Å². The van der Waals surface area contributed by atoms with Gasteiger partial charge in [0.25, 0.3) is 5.91 Å². The van der Waals surface area contributed by atoms with E-state index < -0.39 is 5.91 Å². The van der Waals surface area contributed by atoms with Crippen LogP contribution in [0.15, 0.2) is 30.3 Å². The number of carbonyl (C=O) groups is 1. The van der Waals surface area contributed by atoms with Crippen molar-refractivity contribution in [2.45, 2.75) is 6.92 Å². The van der Waals surface area contributed by atoms with Gasteiger partial charge in [-0.3, -0.25) is 4.79 Å². The van der Waals surface area contributed by atoms with Crippen molar-refractivity contribution in [3.63, 3.8) is 0 Å². The quantitative estimate of drug-likeness (QED) is 0.705. The molecule has 2 aromatic heterocycles. The molecule has 2 N–H and O–H groups in total. The Morgan fingerprint density at radius 1 is 1.19 bits per heavy atom. The normalized spacial score (nSPS) is 10.8. The number of halogens is 2. The second kappa shape index (κ2) is 5.35. The third-order valence-corrected chi connectivity index (χ3v) is 3.40. The van der Waals surface area contributed by atoms with Crippen molar-refractivity contribution in [1.82, 2.24) is 15.0 Å². The molecule has 5 nitrogen and oxygen atoms in total. The predicted octanol–water partition coefficient (Wildman–Crippen LogP) is 3.83. The number of benzene rings is 1. The third-order valence-electron chi connectivity index (χ3n) is 2.89. The number of aryl methyl sites for hydroxylation is 1. The number of hydrogen-bond donors (Lipinski definition) is 2. The molecule has 1 amide bonds. The Bertz CT molecular complexity index is 844. The fourth-order valence-corrected chi connectivity index (χ4v) is 2.32. The molecule has 0 fully saturated rings. The first-order valence-corrected chi connectivity index (χ1v) is 6.88. The van der Waals surface area contributed by atoms with Crippen molar-refractivity contribution in [2.75, 3.05) is 5.32 Å². The van der Waals surface area contributed by atoms with Crippen LogP contribution in [0.25, 0.3) is 11.0 Å². The molecule has 0 aliphatic rings. The predicted molar refractivity (Wildman–Crippen MR) is 83.0 cm³/mol. The first-order chi connectivity index (χ1) is 10.0. The zero-order valence-electron chi connectivity index (χ0n) is 10.9. The minimum absolute atomic E-state index is 0.0880. The van der Waals surface area contributed by atoms with Gasteiger partial charge in [0.15, 0.2) is 0 Å². The van der Waals surface area contributed by atoms with Gasteiger partial charge in [0.2, 0.25) is 0 Å². The maximum Gasteiger partial charge on any atom is 0.275 e. The highest BCUT2D eigenvalue weighted by molar-refractivity contribution is 6.35. The number of amides is 1. The Morgan fingerprint density at radius 2 is 2.00 bits per heavy atom. The number of rotatable bonds is 2. The maximum absolute atomic E-state index is 12.2. The van der Waals surface area contributed by atoms with Crippen LogP contribution in [-0.2, 0) is 0 Å². The van der Waals surface area contributed by atoms with Crippen LogP contribution in [0.3, 0.4) is 0 Å². The standard InChI is InChI=1S/C14H10Cl2N4O/c1-7-17-10-4-2-8(6-11(10)18-7)19-14(21)13-9(15)3-5-12(16)20-13/h2-6H,1H3,(H,17,18)(H,19,21). The molecule has 0 spiro atoms. The largest absolute Gasteiger partial charge is 0.342 e. The topological polar surface area (TPSA) is 70.7 Å². The Balaban J connectivity index is 1.90. The molecule has 0 saturated heterocycles. The number of carbonyl (C=O) groups excluding carboxylic acids is 1. The second-order valence-corrected chi connectivity index (χ2v) is 5.27. The summed E-state index contributed by atoms with van der Waals surface area (Å²) < 4.78 is 0. The van der Waals surface area contributed by atoms with Gasteiger partial charge < -0.3 is 10.3 Å². The summed E-state index contributed by atoms with van der Waals surface area (Å²) in [6.07, 6.45) is 0. The Morgan fingerprint density at radius 3 is 2.81 bits per heavy atom. The minimum atomic E-state index is -0.418. The molecule has 0 saturated carbocycles. The number of H-pyrrole nitrogens is 1. The lowest BCUT2D eigenvalue weighted by Gasteiger charge is -2.06. The summed E-state index contributed by atoms with van der Waals surface area (Å²) >= 11 is 11.7. The average molecular weight is 321 g/mol. The van der Waals surface area contributed by atoms with Gasteiger partial charge in [0, 0.05) is 5.69 Å². The highest BCUT2D eigenvalue weighted by Crippen LogP contribution is 2.20. The van der Waals surface area contributed by atoms with E-state index in [1.165, 1.54) is 12.1 Å². The van der Waals surface area contributed by atoms with Crippen molar-refractivity contribution >= 4 is 45.8 Å². The molecule has 7 heteroatoms. The van der Waals surface area contributed by atoms with Crippen molar-refractivity contribution < 1.29 is 4.79 Å². The van der Waals surface area contributed by atoms with Gasteiger partial charge in [-0.15, -0.1) is 0 Å². The second-order valence-electron chi connectivity index (χ2n) is 4.47. The van der Waals surface area contributed by atoms with E-state index in [4.69, 9.17) is 23.2 Å². The van der Waals surface area contributed by atoms with Crippen LogP contribution in [0.2, 0.25) is 10.2 Å². The summed E-state index contributed by atoms with van der Waals surface area (Å²) in [5, 5.41) is 3.19. The number of hydrogen-bond acceptors (Lipinski definition) is 3. The van der Waals surface area contributed by atoms with Gasteiger partial charge in [-0.2, -0.15) is 0 Å². The molecule has 2 heterocycles. The van der Waals surface area contributed by atoms with E-state index in [1.54, 1.807) is 12.1 Å². The smallest absolute Gasteiger partial charge is 0.275 e. The number of anilines is 1. The third kappa shape index (κ3) is 2.84. The van der Waals surface area contributed by atoms with Crippen LogP contribution in [0.4, 0.5) is 5.69 Å². The molecule has 3 rings (SSSR count). The fourth-order valence-electron chi connectivity index (χ4n) is 1.98. The number of aromatic nitrogens is 3. The molecule has 1 aromatic carbocycles. The van der Waals surface area contributed by atoms with Crippen molar-refractivity contribution in [1.29, 1.82) is 0 Å². The van der Waals surface area contributed by atoms with E-state index in [9.17, 15) is 4.79 Å².